The number of nitrogens with zero attached hydrogens (tertiary/aromatic N) is 4. The molecule has 0 atom stereocenters. The summed E-state index contributed by atoms with van der Waals surface area (Å²) in [6.07, 6.45) is 0. The van der Waals surface area contributed by atoms with E-state index in [0.717, 1.165) is 0 Å². The highest BCUT2D eigenvalue weighted by molar-refractivity contribution is 5.99. The highest BCUT2D eigenvalue weighted by Gasteiger charge is 2.49. The molecule has 0 spiro atoms. The molecule has 8 nitrogen and oxygen atoms in total. The van der Waals surface area contributed by atoms with Crippen LogP contribution in [-0.4, -0.2) is 28.4 Å². The van der Waals surface area contributed by atoms with Crippen LogP contribution in [0.1, 0.15) is 27.8 Å². The van der Waals surface area contributed by atoms with Crippen LogP contribution in [0.15, 0.2) is 102 Å². The van der Waals surface area contributed by atoms with Gasteiger partial charge >= 0.3 is 0 Å². The average molecular weight is 605 g/mol. The standard InChI is InChI=1S/C38H28N4O4/c1-43-28-11-5-24(6-12-28)34(25-7-13-29(44-2)14-8-25)37-36(27(20-39)21-40)35(26-9-15-30(45-3)16-10-26)32-18-17-31(46-4)19-33(32)38(37,22-41)23-42/h5-19,27H,1-4H3. The molecule has 0 N–H and O–H groups in total. The lowest BCUT2D eigenvalue weighted by Crippen LogP contribution is -2.34. The number of hydrogen-bond donors (Lipinski definition) is 0. The number of hydrogen-bond acceptors (Lipinski definition) is 8. The lowest BCUT2D eigenvalue weighted by atomic mass is 9.60. The van der Waals surface area contributed by atoms with Gasteiger partial charge < -0.3 is 18.9 Å². The van der Waals surface area contributed by atoms with E-state index in [1.165, 1.54) is 7.11 Å². The van der Waals surface area contributed by atoms with E-state index in [-0.39, 0.29) is 11.1 Å². The zero-order chi connectivity index (χ0) is 32.8. The zero-order valence-corrected chi connectivity index (χ0v) is 25.7. The Morgan fingerprint density at radius 1 is 0.587 bits per heavy atom. The molecule has 0 unspecified atom stereocenters. The lowest BCUT2D eigenvalue weighted by molar-refractivity contribution is 0.413. The van der Waals surface area contributed by atoms with Crippen molar-refractivity contribution in [1.82, 2.24) is 0 Å². The van der Waals surface area contributed by atoms with Gasteiger partial charge in [-0.1, -0.05) is 42.5 Å². The molecule has 8 heteroatoms. The molecule has 0 saturated heterocycles. The topological polar surface area (TPSA) is 132 Å². The summed E-state index contributed by atoms with van der Waals surface area (Å²) in [7, 11) is 6.20. The molecule has 46 heavy (non-hydrogen) atoms. The largest absolute Gasteiger partial charge is 0.497 e. The average Bonchev–Trinajstić information content (AvgIpc) is 3.12. The molecule has 0 bridgehead atoms. The van der Waals surface area contributed by atoms with Gasteiger partial charge in [0.15, 0.2) is 11.3 Å². The van der Waals surface area contributed by atoms with Crippen LogP contribution in [0.2, 0.25) is 0 Å². The summed E-state index contributed by atoms with van der Waals surface area (Å²) in [4.78, 5) is 0. The van der Waals surface area contributed by atoms with Crippen molar-refractivity contribution in [2.75, 3.05) is 28.4 Å². The van der Waals surface area contributed by atoms with Crippen LogP contribution in [0.5, 0.6) is 23.0 Å². The summed E-state index contributed by atoms with van der Waals surface area (Å²) >= 11 is 0. The van der Waals surface area contributed by atoms with E-state index in [2.05, 4.69) is 24.3 Å². The fourth-order valence-corrected chi connectivity index (χ4v) is 5.85. The lowest BCUT2D eigenvalue weighted by Gasteiger charge is -2.37. The molecular formula is C38H28N4O4. The van der Waals surface area contributed by atoms with Gasteiger partial charge in [-0.2, -0.15) is 21.0 Å². The van der Waals surface area contributed by atoms with Gasteiger partial charge in [-0.3, -0.25) is 0 Å². The third kappa shape index (κ3) is 5.16. The molecule has 0 aliphatic heterocycles. The fraction of sp³-hybridized carbons (Fsp3) is 0.158. The third-order valence-electron chi connectivity index (χ3n) is 8.08. The predicted octanol–water partition coefficient (Wildman–Crippen LogP) is 6.99. The Morgan fingerprint density at radius 3 is 1.43 bits per heavy atom. The molecule has 4 aromatic rings. The molecule has 4 aromatic carbocycles. The van der Waals surface area contributed by atoms with E-state index >= 15 is 0 Å². The number of rotatable bonds is 8. The summed E-state index contributed by atoms with van der Waals surface area (Å²) in [5.74, 6) is 0.920. The first-order valence-electron chi connectivity index (χ1n) is 14.2. The van der Waals surface area contributed by atoms with Crippen LogP contribution in [0.4, 0.5) is 0 Å². The van der Waals surface area contributed by atoms with Crippen LogP contribution < -0.4 is 18.9 Å². The maximum absolute atomic E-state index is 11.1. The molecule has 0 fully saturated rings. The van der Waals surface area contributed by atoms with Gasteiger partial charge in [0.05, 0.1) is 52.7 Å². The summed E-state index contributed by atoms with van der Waals surface area (Å²) in [5.41, 5.74) is 2.43. The molecular weight excluding hydrogens is 576 g/mol. The first-order chi connectivity index (χ1) is 22.4. The summed E-state index contributed by atoms with van der Waals surface area (Å²) < 4.78 is 21.8. The first-order valence-corrected chi connectivity index (χ1v) is 14.2. The first kappa shape index (κ1) is 31.0. The molecule has 1 aliphatic carbocycles. The monoisotopic (exact) mass is 604 g/mol. The SMILES string of the molecule is COc1ccc(C(=C2C(C(C#N)C#N)=C(c3ccc(OC)cc3)c3ccc(OC)cc3C2(C#N)C#N)c2ccc(OC)cc2)cc1. The molecule has 5 rings (SSSR count). The Labute approximate surface area is 267 Å². The Kier molecular flexibility index (Phi) is 8.77. The minimum absolute atomic E-state index is 0.229. The minimum atomic E-state index is -1.96. The van der Waals surface area contributed by atoms with Gasteiger partial charge in [0.1, 0.15) is 23.0 Å². The quantitative estimate of drug-likeness (QED) is 0.210. The van der Waals surface area contributed by atoms with Gasteiger partial charge in [0.25, 0.3) is 0 Å². The van der Waals surface area contributed by atoms with Crippen LogP contribution >= 0.6 is 0 Å². The Morgan fingerprint density at radius 2 is 1.02 bits per heavy atom. The number of methoxy groups -OCH3 is 4. The van der Waals surface area contributed by atoms with Crippen molar-refractivity contribution in [2.24, 2.45) is 5.92 Å². The van der Waals surface area contributed by atoms with Crippen molar-refractivity contribution < 1.29 is 18.9 Å². The molecule has 0 radical (unpaired) electrons. The van der Waals surface area contributed by atoms with Crippen LogP contribution in [0.25, 0.3) is 11.1 Å². The second kappa shape index (κ2) is 13.0. The highest BCUT2D eigenvalue weighted by Crippen LogP contribution is 2.54. The van der Waals surface area contributed by atoms with Crippen molar-refractivity contribution >= 4 is 11.1 Å². The van der Waals surface area contributed by atoms with Crippen molar-refractivity contribution in [3.8, 4) is 47.3 Å². The second-order valence-electron chi connectivity index (χ2n) is 10.3. The van der Waals surface area contributed by atoms with Gasteiger partial charge in [-0.25, -0.2) is 0 Å². The van der Waals surface area contributed by atoms with E-state index in [1.807, 2.05) is 36.4 Å². The van der Waals surface area contributed by atoms with Gasteiger partial charge in [-0.15, -0.1) is 0 Å². The Hall–Kier alpha value is -6.48. The van der Waals surface area contributed by atoms with E-state index in [1.54, 1.807) is 75.9 Å². The number of fused-ring (bicyclic) bond motifs is 1. The smallest absolute Gasteiger partial charge is 0.195 e. The fourth-order valence-electron chi connectivity index (χ4n) is 5.85. The highest BCUT2D eigenvalue weighted by atomic mass is 16.5. The van der Waals surface area contributed by atoms with Crippen LogP contribution in [0.3, 0.4) is 0 Å². The minimum Gasteiger partial charge on any atom is -0.497 e. The maximum Gasteiger partial charge on any atom is 0.195 e. The van der Waals surface area contributed by atoms with Crippen molar-refractivity contribution in [1.29, 1.82) is 21.0 Å². The summed E-state index contributed by atoms with van der Waals surface area (Å²) in [6.45, 7) is 0. The zero-order valence-electron chi connectivity index (χ0n) is 25.7. The molecule has 0 aromatic heterocycles. The molecule has 0 saturated carbocycles. The number of ether oxygens (including phenoxy) is 4. The van der Waals surface area contributed by atoms with Crippen molar-refractivity contribution in [3.05, 3.63) is 130 Å². The number of nitriles is 4. The van der Waals surface area contributed by atoms with Gasteiger partial charge in [-0.05, 0) is 87.5 Å². The van der Waals surface area contributed by atoms with E-state index in [4.69, 9.17) is 18.9 Å². The van der Waals surface area contributed by atoms with Crippen molar-refractivity contribution in [3.63, 3.8) is 0 Å². The van der Waals surface area contributed by atoms with Crippen LogP contribution in [0, 0.1) is 51.2 Å². The normalized spacial score (nSPS) is 12.9. The van der Waals surface area contributed by atoms with Gasteiger partial charge in [0.2, 0.25) is 0 Å². The van der Waals surface area contributed by atoms with Crippen LogP contribution in [-0.2, 0) is 5.41 Å². The summed E-state index contributed by atoms with van der Waals surface area (Å²) in [6, 6.07) is 35.7. The molecule has 0 amide bonds. The van der Waals surface area contributed by atoms with Crippen molar-refractivity contribution in [2.45, 2.75) is 5.41 Å². The third-order valence-corrected chi connectivity index (χ3v) is 8.08. The Balaban J connectivity index is 2.09. The van der Waals surface area contributed by atoms with E-state index in [0.29, 0.717) is 62.0 Å². The van der Waals surface area contributed by atoms with Gasteiger partial charge in [0, 0.05) is 11.1 Å². The summed E-state index contributed by atoms with van der Waals surface area (Å²) in [5, 5.41) is 43.2. The Bertz CT molecular complexity index is 1940. The molecule has 1 aliphatic rings. The second-order valence-corrected chi connectivity index (χ2v) is 10.3. The predicted molar refractivity (Wildman–Crippen MR) is 172 cm³/mol. The number of allylic oxidation sites excluding steroid dienone is 2. The van der Waals surface area contributed by atoms with E-state index in [9.17, 15) is 21.0 Å². The molecule has 224 valence electrons. The molecule has 0 heterocycles. The maximum atomic E-state index is 11.1. The number of benzene rings is 4. The van der Waals surface area contributed by atoms with E-state index < -0.39 is 11.3 Å².